The second kappa shape index (κ2) is 7.28. The summed E-state index contributed by atoms with van der Waals surface area (Å²) >= 11 is 6.22. The molecule has 0 saturated heterocycles. The van der Waals surface area contributed by atoms with Crippen LogP contribution in [-0.2, 0) is 9.59 Å². The Morgan fingerprint density at radius 3 is 2.68 bits per heavy atom. The van der Waals surface area contributed by atoms with Crippen molar-refractivity contribution in [1.29, 1.82) is 0 Å². The number of benzodiazepines with no additional fused rings is 1. The number of rotatable bonds is 5. The average molecular weight is 399 g/mol. The van der Waals surface area contributed by atoms with Gasteiger partial charge in [0.1, 0.15) is 11.8 Å². The van der Waals surface area contributed by atoms with Crippen LogP contribution in [0.3, 0.4) is 0 Å². The Bertz CT molecular complexity index is 984. The predicted octanol–water partition coefficient (Wildman–Crippen LogP) is 3.48. The van der Waals surface area contributed by atoms with E-state index in [1.807, 2.05) is 0 Å². The molecule has 1 unspecified atom stereocenters. The van der Waals surface area contributed by atoms with Crippen molar-refractivity contribution in [3.63, 3.8) is 0 Å². The highest BCUT2D eigenvalue weighted by Gasteiger charge is 2.36. The van der Waals surface area contributed by atoms with Crippen molar-refractivity contribution in [1.82, 2.24) is 0 Å². The van der Waals surface area contributed by atoms with Gasteiger partial charge in [-0.2, -0.15) is 0 Å². The van der Waals surface area contributed by atoms with Crippen molar-refractivity contribution in [2.24, 2.45) is 10.9 Å². The van der Waals surface area contributed by atoms with Gasteiger partial charge in [0.15, 0.2) is 0 Å². The number of carboxylic acids is 1. The molecule has 1 aliphatic heterocycles. The van der Waals surface area contributed by atoms with Crippen LogP contribution in [0.2, 0.25) is 5.02 Å². The number of hydrogen-bond acceptors (Lipinski definition) is 4. The molecule has 0 radical (unpaired) electrons. The van der Waals surface area contributed by atoms with Crippen LogP contribution in [-0.4, -0.2) is 40.4 Å². The number of aliphatic carboxylic acids is 1. The van der Waals surface area contributed by atoms with Crippen molar-refractivity contribution in [2.45, 2.75) is 25.3 Å². The van der Waals surface area contributed by atoms with E-state index >= 15 is 0 Å². The molecule has 7 heteroatoms. The lowest BCUT2D eigenvalue weighted by atomic mass is 10.00. The fourth-order valence-corrected chi connectivity index (χ4v) is 3.60. The van der Waals surface area contributed by atoms with Crippen LogP contribution < -0.4 is 4.90 Å². The number of phenols is 1. The van der Waals surface area contributed by atoms with Gasteiger partial charge in [-0.1, -0.05) is 23.7 Å². The number of fused-ring (bicyclic) bond motifs is 1. The van der Waals surface area contributed by atoms with Gasteiger partial charge in [0.25, 0.3) is 5.91 Å². The molecule has 1 saturated carbocycles. The van der Waals surface area contributed by atoms with Crippen molar-refractivity contribution in [3.05, 3.63) is 58.6 Å². The Hall–Kier alpha value is -2.86. The summed E-state index contributed by atoms with van der Waals surface area (Å²) in [7, 11) is 0. The highest BCUT2D eigenvalue weighted by molar-refractivity contribution is 6.31. The first-order valence-corrected chi connectivity index (χ1v) is 9.50. The van der Waals surface area contributed by atoms with Gasteiger partial charge in [0.2, 0.25) is 0 Å². The van der Waals surface area contributed by atoms with Crippen LogP contribution in [0, 0.1) is 5.92 Å². The maximum absolute atomic E-state index is 13.2. The molecule has 6 nitrogen and oxygen atoms in total. The Balaban J connectivity index is 1.90. The third kappa shape index (κ3) is 3.73. The van der Waals surface area contributed by atoms with Gasteiger partial charge in [-0.25, -0.2) is 0 Å². The topological polar surface area (TPSA) is 90.2 Å². The molecule has 2 aromatic carbocycles. The van der Waals surface area contributed by atoms with Crippen molar-refractivity contribution in [3.8, 4) is 5.75 Å². The highest BCUT2D eigenvalue weighted by atomic mass is 35.5. The molecule has 1 fully saturated rings. The second-order valence-corrected chi connectivity index (χ2v) is 7.63. The average Bonchev–Trinajstić information content (AvgIpc) is 3.47. The number of carbonyl (C=O) groups is 2. The lowest BCUT2D eigenvalue weighted by Crippen LogP contribution is -2.40. The molecule has 1 heterocycles. The van der Waals surface area contributed by atoms with Gasteiger partial charge >= 0.3 is 5.97 Å². The highest BCUT2D eigenvalue weighted by Crippen LogP contribution is 2.37. The number of carbonyl (C=O) groups excluding carboxylic acids is 1. The van der Waals surface area contributed by atoms with Gasteiger partial charge in [-0.05, 0) is 49.1 Å². The van der Waals surface area contributed by atoms with Gasteiger partial charge in [-0.3, -0.25) is 14.6 Å². The monoisotopic (exact) mass is 398 g/mol. The minimum atomic E-state index is -1.09. The molecular weight excluding hydrogens is 380 g/mol. The van der Waals surface area contributed by atoms with E-state index in [1.54, 1.807) is 47.4 Å². The number of hydrogen-bond donors (Lipinski definition) is 2. The molecule has 2 N–H and O–H groups in total. The summed E-state index contributed by atoms with van der Waals surface area (Å²) in [5.74, 6) is -0.958. The summed E-state index contributed by atoms with van der Waals surface area (Å²) in [6, 6.07) is 10.7. The second-order valence-electron chi connectivity index (χ2n) is 7.20. The number of aliphatic imine (C=N–C) groups is 1. The summed E-state index contributed by atoms with van der Waals surface area (Å²) in [6.07, 6.45) is 1.69. The smallest absolute Gasteiger partial charge is 0.306 e. The van der Waals surface area contributed by atoms with E-state index in [9.17, 15) is 19.8 Å². The number of nitrogens with zero attached hydrogens (tertiary/aromatic N) is 2. The minimum absolute atomic E-state index is 0.0657. The summed E-state index contributed by atoms with van der Waals surface area (Å²) in [6.45, 7) is 0.519. The first-order chi connectivity index (χ1) is 13.4. The Kier molecular flexibility index (Phi) is 4.81. The predicted molar refractivity (Wildman–Crippen MR) is 106 cm³/mol. The Morgan fingerprint density at radius 2 is 2.00 bits per heavy atom. The summed E-state index contributed by atoms with van der Waals surface area (Å²) < 4.78 is 0. The first kappa shape index (κ1) is 18.5. The number of aromatic hydroxyl groups is 1. The number of phenolic OH excluding ortho intramolecular Hbond substituents is 1. The van der Waals surface area contributed by atoms with E-state index in [1.165, 1.54) is 0 Å². The van der Waals surface area contributed by atoms with E-state index in [4.69, 9.17) is 11.6 Å². The molecule has 2 aromatic rings. The minimum Gasteiger partial charge on any atom is -0.508 e. The molecule has 1 atom stereocenters. The standard InChI is InChI=1S/C21H19ClN2O4/c22-14-6-7-16-18(9-14)24(11-12-4-5-12)21(28)17(10-19(26)27)23-20(16)13-2-1-3-15(25)8-13/h1-3,6-9,12,17,25H,4-5,10-11H2,(H,26,27). The third-order valence-corrected chi connectivity index (χ3v) is 5.20. The summed E-state index contributed by atoms with van der Waals surface area (Å²) in [4.78, 5) is 30.8. The molecule has 0 bridgehead atoms. The summed E-state index contributed by atoms with van der Waals surface area (Å²) in [5, 5.41) is 19.7. The SMILES string of the molecule is O=C(O)CC1N=C(c2cccc(O)c2)c2ccc(Cl)cc2N(CC2CC2)C1=O. The summed E-state index contributed by atoms with van der Waals surface area (Å²) in [5.41, 5.74) is 2.40. The lowest BCUT2D eigenvalue weighted by Gasteiger charge is -2.25. The lowest BCUT2D eigenvalue weighted by molar-refractivity contribution is -0.139. The maximum Gasteiger partial charge on any atom is 0.306 e. The third-order valence-electron chi connectivity index (χ3n) is 4.97. The number of benzene rings is 2. The largest absolute Gasteiger partial charge is 0.508 e. The first-order valence-electron chi connectivity index (χ1n) is 9.12. The molecule has 1 aliphatic carbocycles. The molecule has 0 spiro atoms. The normalized spacial score (nSPS) is 19.0. The van der Waals surface area contributed by atoms with E-state index in [-0.39, 0.29) is 11.7 Å². The molecule has 28 heavy (non-hydrogen) atoms. The van der Waals surface area contributed by atoms with Crippen LogP contribution in [0.4, 0.5) is 5.69 Å². The fourth-order valence-electron chi connectivity index (χ4n) is 3.44. The molecular formula is C21H19ClN2O4. The number of amides is 1. The van der Waals surface area contributed by atoms with Crippen LogP contribution in [0.5, 0.6) is 5.75 Å². The van der Waals surface area contributed by atoms with Crippen LogP contribution in [0.15, 0.2) is 47.5 Å². The maximum atomic E-state index is 13.2. The Labute approximate surface area is 167 Å². The van der Waals surface area contributed by atoms with E-state index in [0.717, 1.165) is 12.8 Å². The van der Waals surface area contributed by atoms with Gasteiger partial charge in [0.05, 0.1) is 17.8 Å². The zero-order valence-electron chi connectivity index (χ0n) is 15.0. The van der Waals surface area contributed by atoms with Crippen molar-refractivity contribution >= 4 is 34.9 Å². The van der Waals surface area contributed by atoms with Gasteiger partial charge in [0, 0.05) is 22.7 Å². The zero-order chi connectivity index (χ0) is 19.8. The fraction of sp³-hybridized carbons (Fsp3) is 0.286. The van der Waals surface area contributed by atoms with E-state index in [0.29, 0.717) is 40.0 Å². The van der Waals surface area contributed by atoms with E-state index in [2.05, 4.69) is 4.99 Å². The number of carboxylic acid groups (broad SMARTS) is 1. The molecule has 0 aromatic heterocycles. The molecule has 1 amide bonds. The van der Waals surface area contributed by atoms with Crippen LogP contribution in [0.1, 0.15) is 30.4 Å². The van der Waals surface area contributed by atoms with Crippen molar-refractivity contribution in [2.75, 3.05) is 11.4 Å². The van der Waals surface area contributed by atoms with Gasteiger partial charge in [-0.15, -0.1) is 0 Å². The zero-order valence-corrected chi connectivity index (χ0v) is 15.8. The Morgan fingerprint density at radius 1 is 1.21 bits per heavy atom. The quantitative estimate of drug-likeness (QED) is 0.806. The number of anilines is 1. The number of halogens is 1. The molecule has 144 valence electrons. The van der Waals surface area contributed by atoms with Crippen LogP contribution >= 0.6 is 11.6 Å². The van der Waals surface area contributed by atoms with Crippen LogP contribution in [0.25, 0.3) is 0 Å². The molecule has 2 aliphatic rings. The van der Waals surface area contributed by atoms with Gasteiger partial charge < -0.3 is 15.1 Å². The molecule has 4 rings (SSSR count). The van der Waals surface area contributed by atoms with E-state index < -0.39 is 18.4 Å². The van der Waals surface area contributed by atoms with Crippen molar-refractivity contribution < 1.29 is 19.8 Å².